The van der Waals surface area contributed by atoms with E-state index >= 15 is 0 Å². The first-order chi connectivity index (χ1) is 18.7. The maximum Gasteiger partial charge on any atom is 0.410 e. The molecule has 6 rings (SSSR count). The minimum Gasteiger partial charge on any atom is -0.493 e. The number of halogens is 4. The van der Waals surface area contributed by atoms with E-state index in [1.54, 1.807) is 48.5 Å². The fourth-order valence-electron chi connectivity index (χ4n) is 6.02. The number of nitrogens with one attached hydrogen (secondary N) is 2. The number of amides is 1. The van der Waals surface area contributed by atoms with Crippen LogP contribution in [0.25, 0.3) is 11.3 Å². The van der Waals surface area contributed by atoms with Crippen molar-refractivity contribution >= 4 is 24.1 Å². The lowest BCUT2D eigenvalue weighted by Crippen LogP contribution is -2.35. The van der Waals surface area contributed by atoms with E-state index in [0.29, 0.717) is 58.8 Å². The molecule has 3 aromatic rings. The van der Waals surface area contributed by atoms with E-state index in [0.717, 1.165) is 17.8 Å². The number of likely N-dealkylation sites (tertiary alicyclic amines) is 1. The summed E-state index contributed by atoms with van der Waals surface area (Å²) in [6, 6.07) is 11.3. The first-order valence-electron chi connectivity index (χ1n) is 13.0. The van der Waals surface area contributed by atoms with E-state index in [-0.39, 0.29) is 30.6 Å². The van der Waals surface area contributed by atoms with Crippen LogP contribution in [0, 0.1) is 11.8 Å². The number of anilines is 1. The van der Waals surface area contributed by atoms with Gasteiger partial charge in [0.25, 0.3) is 5.91 Å². The number of carbonyl (C=O) groups excluding carboxylic acids is 1. The standard InChI is InChI=1S/C28H30F3N5O3.ClH/c1-38-23-7-6-17(9-24(23)39-2)21-10-25(28(29,30)31)36-26(33-21)11-22(34-36)16-4-3-5-18(8-16)27(37)35-14-19-12-32-13-20(19)15-35;/h3-9,11,19-21,25,32-33H,10,12-15H2,1-2H3;1H/t19?,20?,21-,25+;/m1./s1. The number of benzene rings is 2. The lowest BCUT2D eigenvalue weighted by atomic mass is 9.96. The number of hydrogen-bond acceptors (Lipinski definition) is 6. The van der Waals surface area contributed by atoms with Crippen LogP contribution in [0.15, 0.2) is 48.5 Å². The van der Waals surface area contributed by atoms with E-state index in [2.05, 4.69) is 15.7 Å². The number of ether oxygens (including phenoxy) is 2. The first-order valence-corrected chi connectivity index (χ1v) is 13.0. The monoisotopic (exact) mass is 577 g/mol. The molecule has 3 aliphatic rings. The van der Waals surface area contributed by atoms with Gasteiger partial charge in [0.2, 0.25) is 0 Å². The molecule has 2 N–H and O–H groups in total. The molecule has 2 unspecified atom stereocenters. The van der Waals surface area contributed by atoms with Crippen LogP contribution in [0.2, 0.25) is 0 Å². The molecule has 2 saturated heterocycles. The topological polar surface area (TPSA) is 80.7 Å². The molecule has 0 bridgehead atoms. The number of methoxy groups -OCH3 is 2. The van der Waals surface area contributed by atoms with Gasteiger partial charge in [0.1, 0.15) is 5.82 Å². The highest BCUT2D eigenvalue weighted by atomic mass is 35.5. The molecule has 0 saturated carbocycles. The predicted molar refractivity (Wildman–Crippen MR) is 146 cm³/mol. The number of alkyl halides is 3. The van der Waals surface area contributed by atoms with Crippen molar-refractivity contribution in [1.29, 1.82) is 0 Å². The molecule has 214 valence electrons. The molecule has 0 radical (unpaired) electrons. The van der Waals surface area contributed by atoms with Crippen molar-refractivity contribution in [1.82, 2.24) is 20.0 Å². The molecule has 40 heavy (non-hydrogen) atoms. The molecule has 8 nitrogen and oxygen atoms in total. The second-order valence-corrected chi connectivity index (χ2v) is 10.4. The molecule has 1 amide bonds. The lowest BCUT2D eigenvalue weighted by molar-refractivity contribution is -0.173. The summed E-state index contributed by atoms with van der Waals surface area (Å²) in [6.07, 6.45) is -4.74. The van der Waals surface area contributed by atoms with Gasteiger partial charge in [0, 0.05) is 49.8 Å². The van der Waals surface area contributed by atoms with Crippen LogP contribution in [0.3, 0.4) is 0 Å². The van der Waals surface area contributed by atoms with Gasteiger partial charge >= 0.3 is 6.18 Å². The van der Waals surface area contributed by atoms with Crippen LogP contribution < -0.4 is 20.1 Å². The largest absolute Gasteiger partial charge is 0.493 e. The van der Waals surface area contributed by atoms with Crippen molar-refractivity contribution in [3.8, 4) is 22.8 Å². The van der Waals surface area contributed by atoms with E-state index in [1.165, 1.54) is 14.2 Å². The van der Waals surface area contributed by atoms with Gasteiger partial charge in [-0.15, -0.1) is 12.4 Å². The first kappa shape index (κ1) is 28.1. The molecule has 1 aromatic heterocycles. The second-order valence-electron chi connectivity index (χ2n) is 10.4. The van der Waals surface area contributed by atoms with Crippen LogP contribution in [0.5, 0.6) is 11.5 Å². The molecule has 4 atom stereocenters. The average Bonchev–Trinajstić information content (AvgIpc) is 3.66. The van der Waals surface area contributed by atoms with Gasteiger partial charge in [0.05, 0.1) is 26.0 Å². The number of rotatable bonds is 5. The number of hydrogen-bond donors (Lipinski definition) is 2. The van der Waals surface area contributed by atoms with Crippen LogP contribution in [0.1, 0.15) is 34.4 Å². The minimum atomic E-state index is -4.50. The highest BCUT2D eigenvalue weighted by molar-refractivity contribution is 5.95. The summed E-state index contributed by atoms with van der Waals surface area (Å²) in [7, 11) is 2.99. The van der Waals surface area contributed by atoms with Gasteiger partial charge in [-0.05, 0) is 41.7 Å². The summed E-state index contributed by atoms with van der Waals surface area (Å²) < 4.78 is 54.3. The van der Waals surface area contributed by atoms with Gasteiger partial charge < -0.3 is 25.0 Å². The van der Waals surface area contributed by atoms with Crippen molar-refractivity contribution in [3.05, 3.63) is 59.7 Å². The summed E-state index contributed by atoms with van der Waals surface area (Å²) in [5, 5.41) is 11.0. The quantitative estimate of drug-likeness (QED) is 0.447. The molecule has 0 aliphatic carbocycles. The summed E-state index contributed by atoms with van der Waals surface area (Å²) >= 11 is 0. The second kappa shape index (κ2) is 10.9. The number of nitrogens with zero attached hydrogens (tertiary/aromatic N) is 3. The van der Waals surface area contributed by atoms with Gasteiger partial charge in [0.15, 0.2) is 17.5 Å². The Labute approximate surface area is 236 Å². The zero-order chi connectivity index (χ0) is 27.3. The van der Waals surface area contributed by atoms with Crippen molar-refractivity contribution in [3.63, 3.8) is 0 Å². The summed E-state index contributed by atoms with van der Waals surface area (Å²) in [4.78, 5) is 15.1. The number of aromatic nitrogens is 2. The van der Waals surface area contributed by atoms with Gasteiger partial charge in [-0.25, -0.2) is 4.68 Å². The smallest absolute Gasteiger partial charge is 0.410 e. The molecule has 2 aromatic carbocycles. The number of carbonyl (C=O) groups is 1. The summed E-state index contributed by atoms with van der Waals surface area (Å²) in [5.41, 5.74) is 2.12. The molecule has 3 aliphatic heterocycles. The van der Waals surface area contributed by atoms with E-state index in [4.69, 9.17) is 9.47 Å². The highest BCUT2D eigenvalue weighted by Crippen LogP contribution is 2.45. The fourth-order valence-corrected chi connectivity index (χ4v) is 6.02. The molecule has 4 heterocycles. The zero-order valence-electron chi connectivity index (χ0n) is 22.1. The Hall–Kier alpha value is -3.44. The Bertz CT molecular complexity index is 1390. The summed E-state index contributed by atoms with van der Waals surface area (Å²) in [6.45, 7) is 3.28. The average molecular weight is 578 g/mol. The Kier molecular flexibility index (Phi) is 7.62. The van der Waals surface area contributed by atoms with Crippen LogP contribution in [-0.4, -0.2) is 67.2 Å². The Morgan fingerprint density at radius 1 is 1.00 bits per heavy atom. The van der Waals surface area contributed by atoms with Crippen LogP contribution in [-0.2, 0) is 0 Å². The maximum atomic E-state index is 14.2. The third-order valence-corrected chi connectivity index (χ3v) is 8.08. The third-order valence-electron chi connectivity index (χ3n) is 8.08. The lowest BCUT2D eigenvalue weighted by Gasteiger charge is -2.33. The van der Waals surface area contributed by atoms with E-state index < -0.39 is 18.3 Å². The minimum absolute atomic E-state index is 0. The molecule has 2 fully saturated rings. The highest BCUT2D eigenvalue weighted by Gasteiger charge is 2.47. The van der Waals surface area contributed by atoms with Crippen LogP contribution in [0.4, 0.5) is 19.0 Å². The SMILES string of the molecule is COc1ccc([C@H]2C[C@@H](C(F)(F)F)n3nc(-c4cccc(C(=O)N5CC6CNCC6C5)c4)cc3N2)cc1OC.Cl. The van der Waals surface area contributed by atoms with E-state index in [9.17, 15) is 18.0 Å². The fraction of sp³-hybridized carbons (Fsp3) is 0.429. The van der Waals surface area contributed by atoms with Gasteiger partial charge in [-0.3, -0.25) is 4.79 Å². The zero-order valence-corrected chi connectivity index (χ0v) is 22.9. The van der Waals surface area contributed by atoms with Crippen molar-refractivity contribution in [2.45, 2.75) is 24.7 Å². The number of fused-ring (bicyclic) bond motifs is 2. The summed E-state index contributed by atoms with van der Waals surface area (Å²) in [5.74, 6) is 2.09. The Morgan fingerprint density at radius 2 is 1.73 bits per heavy atom. The normalized spacial score (nSPS) is 23.6. The van der Waals surface area contributed by atoms with Crippen molar-refractivity contribution < 1.29 is 27.4 Å². The third kappa shape index (κ3) is 5.08. The molecule has 0 spiro atoms. The molecule has 12 heteroatoms. The molecular formula is C28H31ClF3N5O3. The Balaban J connectivity index is 0.00000323. The van der Waals surface area contributed by atoms with Crippen molar-refractivity contribution in [2.24, 2.45) is 11.8 Å². The maximum absolute atomic E-state index is 14.2. The van der Waals surface area contributed by atoms with Gasteiger partial charge in [-0.2, -0.15) is 18.3 Å². The van der Waals surface area contributed by atoms with Crippen LogP contribution >= 0.6 is 12.4 Å². The molecular weight excluding hydrogens is 547 g/mol. The van der Waals surface area contributed by atoms with Gasteiger partial charge in [-0.1, -0.05) is 18.2 Å². The Morgan fingerprint density at radius 3 is 2.40 bits per heavy atom. The van der Waals surface area contributed by atoms with Crippen molar-refractivity contribution in [2.75, 3.05) is 45.7 Å². The van der Waals surface area contributed by atoms with E-state index in [1.807, 2.05) is 4.90 Å². The predicted octanol–water partition coefficient (Wildman–Crippen LogP) is 4.94.